The Morgan fingerprint density at radius 1 is 0.741 bits per heavy atom. The molecule has 0 spiro atoms. The number of rotatable bonds is 4. The molecule has 2 fully saturated rings. The van der Waals surface area contributed by atoms with Crippen LogP contribution in [0, 0.1) is 5.41 Å². The summed E-state index contributed by atoms with van der Waals surface area (Å²) in [4.78, 5) is 0. The third-order valence-corrected chi connectivity index (χ3v) is 16.8. The van der Waals surface area contributed by atoms with Gasteiger partial charge in [-0.1, -0.05) is 76.2 Å². The van der Waals surface area contributed by atoms with Crippen LogP contribution in [0.15, 0.2) is 0 Å². The first-order chi connectivity index (χ1) is 12.3. The molecule has 2 rings (SSSR count). The van der Waals surface area contributed by atoms with E-state index in [9.17, 15) is 0 Å². The van der Waals surface area contributed by atoms with E-state index < -0.39 is 17.1 Å². The Balaban J connectivity index is 2.49. The van der Waals surface area contributed by atoms with Crippen LogP contribution in [0.4, 0.5) is 0 Å². The third kappa shape index (κ3) is 4.41. The number of ether oxygens (including phenoxy) is 1. The van der Waals surface area contributed by atoms with Crippen molar-refractivity contribution in [1.82, 2.24) is 0 Å². The van der Waals surface area contributed by atoms with E-state index in [1.54, 1.807) is 0 Å². The smallest absolute Gasteiger partial charge is 0.335 e. The molecule has 2 saturated heterocycles. The van der Waals surface area contributed by atoms with Crippen LogP contribution in [-0.4, -0.2) is 42.0 Å². The van der Waals surface area contributed by atoms with Crippen LogP contribution in [0.3, 0.4) is 0 Å². The van der Waals surface area contributed by atoms with Gasteiger partial charge in [-0.2, -0.15) is 0 Å². The van der Waals surface area contributed by atoms with Crippen molar-refractivity contribution >= 4 is 17.1 Å². The first kappa shape index (κ1) is 23.6. The van der Waals surface area contributed by atoms with E-state index in [1.165, 1.54) is 0 Å². The predicted octanol–water partition coefficient (Wildman–Crippen LogP) is 6.15. The number of hydrogen-bond donors (Lipinski definition) is 0. The van der Waals surface area contributed by atoms with Gasteiger partial charge in [-0.3, -0.25) is 0 Å². The predicted molar refractivity (Wildman–Crippen MR) is 117 cm³/mol. The lowest BCUT2D eigenvalue weighted by atomic mass is 9.87. The zero-order chi connectivity index (χ0) is 20.8. The SMILES string of the molecule is CC(C)[Si]1(C(C)C)OC[C@H]2OC(C(C)(C)C)C[C@@H]2O[Si](C(C)C)(C(C)C)O1. The maximum Gasteiger partial charge on any atom is 0.335 e. The second kappa shape index (κ2) is 8.19. The monoisotopic (exact) mass is 416 g/mol. The lowest BCUT2D eigenvalue weighted by molar-refractivity contribution is -0.0616. The van der Waals surface area contributed by atoms with Crippen molar-refractivity contribution in [3.8, 4) is 0 Å². The molecule has 0 radical (unpaired) electrons. The van der Waals surface area contributed by atoms with Gasteiger partial charge in [0.05, 0.1) is 18.8 Å². The second-order valence-corrected chi connectivity index (χ2v) is 19.7. The fourth-order valence-corrected chi connectivity index (χ4v) is 15.9. The molecule has 2 aliphatic heterocycles. The molecule has 0 amide bonds. The molecule has 0 bridgehead atoms. The van der Waals surface area contributed by atoms with E-state index >= 15 is 0 Å². The molecule has 0 N–H and O–H groups in total. The van der Waals surface area contributed by atoms with Crippen LogP contribution in [0.5, 0.6) is 0 Å². The van der Waals surface area contributed by atoms with Crippen molar-refractivity contribution in [2.45, 2.75) is 123 Å². The van der Waals surface area contributed by atoms with Gasteiger partial charge >= 0.3 is 17.1 Å². The number of fused-ring (bicyclic) bond motifs is 1. The first-order valence-corrected chi connectivity index (χ1v) is 14.9. The third-order valence-electron chi connectivity index (χ3n) is 6.51. The maximum atomic E-state index is 7.22. The molecular formula is C21H44O4Si2. The van der Waals surface area contributed by atoms with Crippen molar-refractivity contribution in [1.29, 1.82) is 0 Å². The summed E-state index contributed by atoms with van der Waals surface area (Å²) >= 11 is 0. The Kier molecular flexibility index (Phi) is 7.14. The molecule has 0 aromatic heterocycles. The van der Waals surface area contributed by atoms with Gasteiger partial charge in [0.1, 0.15) is 6.10 Å². The van der Waals surface area contributed by atoms with Crippen LogP contribution in [-0.2, 0) is 17.7 Å². The van der Waals surface area contributed by atoms with E-state index in [2.05, 4.69) is 76.2 Å². The molecule has 0 aliphatic carbocycles. The van der Waals surface area contributed by atoms with Gasteiger partial charge in [0.25, 0.3) is 0 Å². The fourth-order valence-electron chi connectivity index (χ4n) is 4.71. The zero-order valence-electron chi connectivity index (χ0n) is 19.6. The molecule has 0 saturated carbocycles. The van der Waals surface area contributed by atoms with Gasteiger partial charge < -0.3 is 17.7 Å². The average Bonchev–Trinajstić information content (AvgIpc) is 2.88. The van der Waals surface area contributed by atoms with E-state index in [-0.39, 0.29) is 23.7 Å². The van der Waals surface area contributed by atoms with E-state index in [0.29, 0.717) is 28.8 Å². The summed E-state index contributed by atoms with van der Waals surface area (Å²) < 4.78 is 27.6. The summed E-state index contributed by atoms with van der Waals surface area (Å²) in [6.45, 7) is 25.5. The molecule has 6 heteroatoms. The molecule has 0 aromatic rings. The lowest BCUT2D eigenvalue weighted by Gasteiger charge is -2.51. The standard InChI is InChI=1S/C21H44O4Si2/c1-14(2)26(15(3)4)22-13-19-18(12-20(23-19)21(9,10)11)24-27(25-26,16(5)6)17(7)8/h14-20H,12-13H2,1-11H3/t18-,19+,20?/m0/s1. The summed E-state index contributed by atoms with van der Waals surface area (Å²) in [5.41, 5.74) is 1.61. The quantitative estimate of drug-likeness (QED) is 0.515. The molecule has 1 unspecified atom stereocenters. The first-order valence-electron chi connectivity index (χ1n) is 10.9. The van der Waals surface area contributed by atoms with E-state index in [0.717, 1.165) is 6.42 Å². The zero-order valence-corrected chi connectivity index (χ0v) is 21.6. The van der Waals surface area contributed by atoms with Crippen molar-refractivity contribution < 1.29 is 17.7 Å². The molecular weight excluding hydrogens is 372 g/mol. The molecule has 3 atom stereocenters. The largest absolute Gasteiger partial charge is 0.414 e. The second-order valence-electron chi connectivity index (χ2n) is 10.9. The van der Waals surface area contributed by atoms with Gasteiger partial charge in [-0.15, -0.1) is 0 Å². The Morgan fingerprint density at radius 3 is 1.63 bits per heavy atom. The average molecular weight is 417 g/mol. The van der Waals surface area contributed by atoms with Gasteiger partial charge in [-0.25, -0.2) is 0 Å². The Hall–Kier alpha value is 0.274. The molecule has 160 valence electrons. The summed E-state index contributed by atoms with van der Waals surface area (Å²) in [6, 6.07) is 0. The molecule has 27 heavy (non-hydrogen) atoms. The minimum atomic E-state index is -2.50. The lowest BCUT2D eigenvalue weighted by Crippen LogP contribution is -2.65. The minimum Gasteiger partial charge on any atom is -0.414 e. The summed E-state index contributed by atoms with van der Waals surface area (Å²) in [7, 11) is -4.95. The van der Waals surface area contributed by atoms with Crippen LogP contribution in [0.25, 0.3) is 0 Å². The maximum absolute atomic E-state index is 7.22. The van der Waals surface area contributed by atoms with Crippen molar-refractivity contribution in [2.75, 3.05) is 6.61 Å². The van der Waals surface area contributed by atoms with Crippen molar-refractivity contribution in [2.24, 2.45) is 5.41 Å². The molecule has 2 aliphatic rings. The Labute approximate surface area is 170 Å². The summed E-state index contributed by atoms with van der Waals surface area (Å²) in [6.07, 6.45) is 1.24. The topological polar surface area (TPSA) is 36.9 Å². The number of hydrogen-bond acceptors (Lipinski definition) is 4. The Bertz CT molecular complexity index is 483. The Morgan fingerprint density at radius 2 is 1.22 bits per heavy atom. The van der Waals surface area contributed by atoms with Gasteiger partial charge in [0.2, 0.25) is 0 Å². The van der Waals surface area contributed by atoms with Crippen LogP contribution < -0.4 is 0 Å². The highest BCUT2D eigenvalue weighted by molar-refractivity contribution is 6.83. The highest BCUT2D eigenvalue weighted by Crippen LogP contribution is 2.48. The molecule has 2 heterocycles. The summed E-state index contributed by atoms with van der Waals surface area (Å²) in [5.74, 6) is 0. The van der Waals surface area contributed by atoms with Gasteiger partial charge in [-0.05, 0) is 27.6 Å². The van der Waals surface area contributed by atoms with E-state index in [4.69, 9.17) is 17.7 Å². The molecule has 4 nitrogen and oxygen atoms in total. The minimum absolute atomic E-state index is 0.0203. The van der Waals surface area contributed by atoms with Gasteiger partial charge in [0.15, 0.2) is 0 Å². The highest BCUT2D eigenvalue weighted by Gasteiger charge is 2.60. The van der Waals surface area contributed by atoms with Crippen molar-refractivity contribution in [3.63, 3.8) is 0 Å². The fraction of sp³-hybridized carbons (Fsp3) is 1.00. The van der Waals surface area contributed by atoms with Gasteiger partial charge in [0, 0.05) is 6.42 Å². The molecule has 0 aromatic carbocycles. The van der Waals surface area contributed by atoms with Crippen molar-refractivity contribution in [3.05, 3.63) is 0 Å². The highest BCUT2D eigenvalue weighted by atomic mass is 28.5. The summed E-state index contributed by atoms with van der Waals surface area (Å²) in [5, 5.41) is 0. The van der Waals surface area contributed by atoms with Crippen LogP contribution in [0.2, 0.25) is 22.2 Å². The van der Waals surface area contributed by atoms with Crippen LogP contribution >= 0.6 is 0 Å². The van der Waals surface area contributed by atoms with Crippen LogP contribution in [0.1, 0.15) is 82.6 Å². The van der Waals surface area contributed by atoms with E-state index in [1.807, 2.05) is 0 Å². The normalized spacial score (nSPS) is 31.4.